The molecule has 3 nitrogen and oxygen atoms in total. The maximum absolute atomic E-state index is 12.5. The van der Waals surface area contributed by atoms with Crippen LogP contribution in [0.5, 0.6) is 0 Å². The molecule has 0 bridgehead atoms. The summed E-state index contributed by atoms with van der Waals surface area (Å²) < 4.78 is 12.5. The minimum absolute atomic E-state index is 0.187. The topological polar surface area (TPSA) is 24.7 Å². The van der Waals surface area contributed by atoms with Gasteiger partial charge in [0.25, 0.3) is 5.91 Å². The molecule has 0 unspecified atom stereocenters. The molecule has 0 aromatic rings. The summed E-state index contributed by atoms with van der Waals surface area (Å²) in [6.07, 6.45) is 0. The number of carbonyl (C=O) groups is 1. The van der Waals surface area contributed by atoms with Crippen LogP contribution in [-0.2, 0) is 4.79 Å². The molecule has 0 aliphatic heterocycles. The fourth-order valence-corrected chi connectivity index (χ4v) is 1.04. The number of hydrogen-bond acceptors (Lipinski definition) is 1. The van der Waals surface area contributed by atoms with E-state index in [1.54, 1.807) is 13.8 Å². The van der Waals surface area contributed by atoms with Crippen molar-refractivity contribution in [2.75, 3.05) is 13.1 Å². The van der Waals surface area contributed by atoms with Gasteiger partial charge in [0, 0.05) is 6.54 Å². The van der Waals surface area contributed by atoms with Crippen LogP contribution in [0.15, 0.2) is 12.4 Å². The molecule has 0 radical (unpaired) electrons. The smallest absolute Gasteiger partial charge is 0.282 e. The summed E-state index contributed by atoms with van der Waals surface area (Å²) in [5, 5.41) is 0. The molecule has 0 rings (SSSR count). The Kier molecular flexibility index (Phi) is 4.75. The van der Waals surface area contributed by atoms with E-state index in [-0.39, 0.29) is 12.6 Å². The van der Waals surface area contributed by atoms with Crippen LogP contribution in [-0.4, -0.2) is 29.9 Å². The van der Waals surface area contributed by atoms with E-state index in [0.717, 1.165) is 0 Å². The first-order chi connectivity index (χ1) is 6.04. The predicted octanol–water partition coefficient (Wildman–Crippen LogP) is 1.63. The maximum atomic E-state index is 12.5. The third kappa shape index (κ3) is 3.24. The van der Waals surface area contributed by atoms with Gasteiger partial charge in [0.2, 0.25) is 6.54 Å². The molecule has 0 heterocycles. The number of carbonyl (C=O) groups excluding carboxylic acids is 1. The highest BCUT2D eigenvalue weighted by Crippen LogP contribution is 2.06. The van der Waals surface area contributed by atoms with Crippen LogP contribution >= 0.6 is 0 Å². The molecule has 13 heavy (non-hydrogen) atoms. The number of hydrogen-bond donors (Lipinski definition) is 0. The van der Waals surface area contributed by atoms with Crippen molar-refractivity contribution in [2.45, 2.75) is 19.9 Å². The first-order valence-corrected chi connectivity index (χ1v) is 4.03. The van der Waals surface area contributed by atoms with E-state index in [1.807, 2.05) is 0 Å². The van der Waals surface area contributed by atoms with Gasteiger partial charge in [0.05, 0.1) is 0 Å². The monoisotopic (exact) mass is 184 g/mol. The van der Waals surface area contributed by atoms with Crippen LogP contribution in [0.25, 0.3) is 4.85 Å². The predicted molar refractivity (Wildman–Crippen MR) is 48.6 cm³/mol. The molecule has 0 fully saturated rings. The van der Waals surface area contributed by atoms with E-state index >= 15 is 0 Å². The Balaban J connectivity index is 4.42. The van der Waals surface area contributed by atoms with E-state index in [4.69, 9.17) is 6.57 Å². The summed E-state index contributed by atoms with van der Waals surface area (Å²) in [4.78, 5) is 15.6. The summed E-state index contributed by atoms with van der Waals surface area (Å²) in [6.45, 7) is 13.6. The fourth-order valence-electron chi connectivity index (χ4n) is 1.04. The van der Waals surface area contributed by atoms with Crippen molar-refractivity contribution in [3.8, 4) is 0 Å². The lowest BCUT2D eigenvalue weighted by atomic mass is 10.2. The zero-order valence-electron chi connectivity index (χ0n) is 7.88. The van der Waals surface area contributed by atoms with Gasteiger partial charge in [-0.25, -0.2) is 11.0 Å². The average Bonchev–Trinajstić information content (AvgIpc) is 2.05. The molecule has 0 spiro atoms. The van der Waals surface area contributed by atoms with Crippen LogP contribution in [0, 0.1) is 6.57 Å². The van der Waals surface area contributed by atoms with Crippen molar-refractivity contribution < 1.29 is 9.18 Å². The van der Waals surface area contributed by atoms with Gasteiger partial charge < -0.3 is 9.74 Å². The van der Waals surface area contributed by atoms with Crippen molar-refractivity contribution in [3.05, 3.63) is 23.8 Å². The van der Waals surface area contributed by atoms with Crippen molar-refractivity contribution in [1.82, 2.24) is 4.90 Å². The van der Waals surface area contributed by atoms with Crippen molar-refractivity contribution >= 4 is 5.91 Å². The number of likely N-dealkylation sites (N-methyl/N-ethyl adjacent to an activating group) is 1. The highest BCUT2D eigenvalue weighted by Gasteiger charge is 2.22. The molecule has 0 aliphatic carbocycles. The highest BCUT2D eigenvalue weighted by molar-refractivity contribution is 5.90. The molecule has 72 valence electrons. The first kappa shape index (κ1) is 11.6. The van der Waals surface area contributed by atoms with Gasteiger partial charge in [-0.1, -0.05) is 6.58 Å². The summed E-state index contributed by atoms with van der Waals surface area (Å²) in [7, 11) is 0. The van der Waals surface area contributed by atoms with E-state index in [9.17, 15) is 9.18 Å². The molecule has 1 atom stereocenters. The van der Waals surface area contributed by atoms with Gasteiger partial charge in [-0.2, -0.15) is 0 Å². The molecular weight excluding hydrogens is 171 g/mol. The van der Waals surface area contributed by atoms with Crippen molar-refractivity contribution in [3.63, 3.8) is 0 Å². The molecule has 0 aromatic heterocycles. The summed E-state index contributed by atoms with van der Waals surface area (Å²) in [5.41, 5.74) is 0. The highest BCUT2D eigenvalue weighted by atomic mass is 19.1. The van der Waals surface area contributed by atoms with Gasteiger partial charge in [0.1, 0.15) is 6.04 Å². The average molecular weight is 184 g/mol. The minimum Gasteiger partial charge on any atom is -0.327 e. The largest absolute Gasteiger partial charge is 0.327 e. The SMILES string of the molecule is [C-]#[N+]C[C@@H](C)N(CC)C(=O)C(=C)F. The number of rotatable bonds is 4. The Bertz CT molecular complexity index is 244. The normalized spacial score (nSPS) is 11.5. The van der Waals surface area contributed by atoms with Gasteiger partial charge >= 0.3 is 0 Å². The second-order valence-electron chi connectivity index (χ2n) is 2.69. The molecule has 0 N–H and O–H groups in total. The van der Waals surface area contributed by atoms with E-state index < -0.39 is 11.7 Å². The maximum Gasteiger partial charge on any atom is 0.282 e. The van der Waals surface area contributed by atoms with Gasteiger partial charge in [-0.05, 0) is 13.8 Å². The van der Waals surface area contributed by atoms with E-state index in [0.29, 0.717) is 6.54 Å². The molecule has 1 amide bonds. The second kappa shape index (κ2) is 5.31. The van der Waals surface area contributed by atoms with Gasteiger partial charge in [-0.3, -0.25) is 4.79 Å². The lowest BCUT2D eigenvalue weighted by Crippen LogP contribution is -2.40. The zero-order chi connectivity index (χ0) is 10.4. The standard InChI is InChI=1S/C9H13FN2O/c1-5-12(7(2)6-11-4)9(13)8(3)10/h7H,3,5-6H2,1-2H3/t7-/m1/s1. The molecule has 4 heteroatoms. The lowest BCUT2D eigenvalue weighted by Gasteiger charge is -2.23. The molecule has 0 aliphatic rings. The lowest BCUT2D eigenvalue weighted by molar-refractivity contribution is -0.130. The third-order valence-electron chi connectivity index (χ3n) is 1.72. The van der Waals surface area contributed by atoms with E-state index in [2.05, 4.69) is 11.4 Å². The molecule has 0 saturated heterocycles. The van der Waals surface area contributed by atoms with Crippen molar-refractivity contribution in [2.24, 2.45) is 0 Å². The number of amides is 1. The molecule has 0 aromatic carbocycles. The Hall–Kier alpha value is -1.37. The Labute approximate surface area is 77.7 Å². The molecule has 0 saturated carbocycles. The van der Waals surface area contributed by atoms with Crippen LogP contribution in [0.4, 0.5) is 4.39 Å². The van der Waals surface area contributed by atoms with Crippen LogP contribution in [0.1, 0.15) is 13.8 Å². The Morgan fingerprint density at radius 1 is 1.77 bits per heavy atom. The minimum atomic E-state index is -0.973. The second-order valence-corrected chi connectivity index (χ2v) is 2.69. The van der Waals surface area contributed by atoms with Crippen LogP contribution < -0.4 is 0 Å². The summed E-state index contributed by atoms with van der Waals surface area (Å²) in [5.74, 6) is -1.70. The van der Waals surface area contributed by atoms with Gasteiger partial charge in [-0.15, -0.1) is 0 Å². The zero-order valence-corrected chi connectivity index (χ0v) is 7.88. The van der Waals surface area contributed by atoms with Crippen LogP contribution in [0.3, 0.4) is 0 Å². The summed E-state index contributed by atoms with van der Waals surface area (Å²) in [6, 6.07) is -0.262. The number of halogens is 1. The Morgan fingerprint density at radius 3 is 2.62 bits per heavy atom. The quantitative estimate of drug-likeness (QED) is 0.481. The van der Waals surface area contributed by atoms with E-state index in [1.165, 1.54) is 4.90 Å². The van der Waals surface area contributed by atoms with Gasteiger partial charge in [0.15, 0.2) is 5.83 Å². The summed E-state index contributed by atoms with van der Waals surface area (Å²) >= 11 is 0. The molecular formula is C9H13FN2O. The fraction of sp³-hybridized carbons (Fsp3) is 0.556. The third-order valence-corrected chi connectivity index (χ3v) is 1.72. The van der Waals surface area contributed by atoms with Crippen molar-refractivity contribution in [1.29, 1.82) is 0 Å². The van der Waals surface area contributed by atoms with Crippen LogP contribution in [0.2, 0.25) is 0 Å². The first-order valence-electron chi connectivity index (χ1n) is 4.03. The Morgan fingerprint density at radius 2 is 2.31 bits per heavy atom. The number of nitrogens with zero attached hydrogens (tertiary/aromatic N) is 2.